The number of amides is 2. The number of carbonyl (C=O) groups is 2. The second-order valence-electron chi connectivity index (χ2n) is 7.90. The fraction of sp³-hybridized carbons (Fsp3) is 0.318. The monoisotopic (exact) mass is 548 g/mol. The summed E-state index contributed by atoms with van der Waals surface area (Å²) in [6.45, 7) is -0.592. The predicted octanol–water partition coefficient (Wildman–Crippen LogP) is 2.84. The lowest BCUT2D eigenvalue weighted by atomic mass is 10.1. The Labute approximate surface area is 210 Å². The van der Waals surface area contributed by atoms with Crippen LogP contribution in [-0.2, 0) is 21.2 Å². The molecule has 0 saturated heterocycles. The molecule has 0 fully saturated rings. The summed E-state index contributed by atoms with van der Waals surface area (Å²) < 4.78 is 77.3. The van der Waals surface area contributed by atoms with Crippen LogP contribution in [0.4, 0.5) is 23.2 Å². The summed E-state index contributed by atoms with van der Waals surface area (Å²) in [5.74, 6) is -3.86. The fourth-order valence-electron chi connectivity index (χ4n) is 3.51. The molecular formula is C22H21ClF4N4O4S. The Bertz CT molecular complexity index is 1290. The quantitative estimate of drug-likeness (QED) is 0.421. The Balaban J connectivity index is 0.00000456. The lowest BCUT2D eigenvalue weighted by Crippen LogP contribution is -2.45. The van der Waals surface area contributed by atoms with Crippen molar-refractivity contribution < 1.29 is 35.6 Å². The molecule has 0 radical (unpaired) electrons. The normalized spacial score (nSPS) is 16.8. The maximum atomic E-state index is 14.8. The van der Waals surface area contributed by atoms with E-state index in [0.29, 0.717) is 17.2 Å². The van der Waals surface area contributed by atoms with Gasteiger partial charge in [-0.25, -0.2) is 12.8 Å². The number of sulfone groups is 1. The highest BCUT2D eigenvalue weighted by atomic mass is 35.5. The maximum absolute atomic E-state index is 14.8. The molecule has 0 saturated carbocycles. The molecule has 2 aromatic carbocycles. The first-order valence-corrected chi connectivity index (χ1v) is 11.9. The number of fused-ring (bicyclic) bond motifs is 1. The van der Waals surface area contributed by atoms with E-state index in [1.165, 1.54) is 24.3 Å². The maximum Gasteiger partial charge on any atom is 0.389 e. The molecule has 1 aliphatic heterocycles. The minimum atomic E-state index is -4.42. The number of alkyl halides is 3. The minimum absolute atomic E-state index is 0. The smallest absolute Gasteiger partial charge is 0.352 e. The molecule has 2 amide bonds. The zero-order valence-corrected chi connectivity index (χ0v) is 20.1. The summed E-state index contributed by atoms with van der Waals surface area (Å²) in [6, 6.07) is 8.00. The largest absolute Gasteiger partial charge is 0.389 e. The molecule has 0 spiro atoms. The van der Waals surface area contributed by atoms with Gasteiger partial charge in [0.1, 0.15) is 5.82 Å². The van der Waals surface area contributed by atoms with Gasteiger partial charge in [-0.2, -0.15) is 18.4 Å². The molecule has 3 rings (SSSR count). The van der Waals surface area contributed by atoms with Crippen molar-refractivity contribution in [2.75, 3.05) is 17.2 Å². The number of benzene rings is 2. The molecule has 0 bridgehead atoms. The van der Waals surface area contributed by atoms with Gasteiger partial charge >= 0.3 is 6.18 Å². The summed E-state index contributed by atoms with van der Waals surface area (Å²) in [5, 5.41) is 11.1. The van der Waals surface area contributed by atoms with E-state index in [2.05, 4.69) is 5.32 Å². The molecule has 0 aliphatic carbocycles. The number of nitrogens with one attached hydrogen (secondary N) is 1. The van der Waals surface area contributed by atoms with Crippen LogP contribution < -0.4 is 16.0 Å². The lowest BCUT2D eigenvalue weighted by Gasteiger charge is -2.25. The van der Waals surface area contributed by atoms with Gasteiger partial charge in [-0.1, -0.05) is 12.1 Å². The first kappa shape index (κ1) is 29.0. The third kappa shape index (κ3) is 6.71. The molecule has 0 unspecified atom stereocenters. The minimum Gasteiger partial charge on any atom is -0.352 e. The predicted molar refractivity (Wildman–Crippen MR) is 124 cm³/mol. The van der Waals surface area contributed by atoms with Crippen molar-refractivity contribution >= 4 is 39.7 Å². The highest BCUT2D eigenvalue weighted by Crippen LogP contribution is 2.34. The second-order valence-corrected chi connectivity index (χ2v) is 9.90. The van der Waals surface area contributed by atoms with Gasteiger partial charge in [-0.15, -0.1) is 12.4 Å². The van der Waals surface area contributed by atoms with Gasteiger partial charge in [0.25, 0.3) is 5.91 Å². The number of carbonyl (C=O) groups excluding carboxylic acids is 2. The van der Waals surface area contributed by atoms with Gasteiger partial charge < -0.3 is 16.0 Å². The van der Waals surface area contributed by atoms with Crippen molar-refractivity contribution in [1.29, 1.82) is 5.26 Å². The van der Waals surface area contributed by atoms with Crippen molar-refractivity contribution in [1.82, 2.24) is 5.32 Å². The Morgan fingerprint density at radius 1 is 1.22 bits per heavy atom. The molecule has 1 heterocycles. The summed E-state index contributed by atoms with van der Waals surface area (Å²) in [6.07, 6.45) is -6.00. The van der Waals surface area contributed by atoms with Crippen LogP contribution in [0, 0.1) is 17.1 Å². The van der Waals surface area contributed by atoms with Crippen molar-refractivity contribution in [3.63, 3.8) is 0 Å². The molecular weight excluding hydrogens is 528 g/mol. The molecule has 14 heteroatoms. The average Bonchev–Trinajstić information content (AvgIpc) is 2.84. The Hall–Kier alpha value is -3.21. The van der Waals surface area contributed by atoms with Crippen LogP contribution in [-0.4, -0.2) is 44.7 Å². The van der Waals surface area contributed by atoms with E-state index in [9.17, 15) is 35.6 Å². The van der Waals surface area contributed by atoms with E-state index in [1.54, 1.807) is 0 Å². The van der Waals surface area contributed by atoms with Crippen LogP contribution in [0.5, 0.6) is 0 Å². The third-order valence-electron chi connectivity index (χ3n) is 5.25. The molecule has 1 atom stereocenters. The zero-order chi connectivity index (χ0) is 26.0. The van der Waals surface area contributed by atoms with Gasteiger partial charge in [-0.05, 0) is 36.2 Å². The number of hydrogen-bond acceptors (Lipinski definition) is 6. The average molecular weight is 549 g/mol. The van der Waals surface area contributed by atoms with Gasteiger partial charge in [0.05, 0.1) is 46.1 Å². The van der Waals surface area contributed by atoms with Gasteiger partial charge in [0, 0.05) is 13.0 Å². The molecule has 2 aromatic rings. The number of anilines is 1. The molecule has 8 nitrogen and oxygen atoms in total. The fourth-order valence-corrected chi connectivity index (χ4v) is 5.08. The first-order chi connectivity index (χ1) is 16.3. The number of halogens is 5. The van der Waals surface area contributed by atoms with E-state index in [0.717, 1.165) is 11.0 Å². The van der Waals surface area contributed by atoms with Crippen LogP contribution in [0.2, 0.25) is 0 Å². The van der Waals surface area contributed by atoms with Crippen LogP contribution in [0.25, 0.3) is 0 Å². The molecule has 194 valence electrons. The SMILES string of the molecule is Cl.N#Cc1ccc(CN2C(=O)[C@@H](N)CS(=O)(=O)c3cc(F)c(C(=O)NCCCC(F)(F)F)cc32)cc1. The second kappa shape index (κ2) is 11.2. The van der Waals surface area contributed by atoms with Gasteiger partial charge in [-0.3, -0.25) is 9.59 Å². The van der Waals surface area contributed by atoms with Gasteiger partial charge in [0.2, 0.25) is 5.91 Å². The summed E-state index contributed by atoms with van der Waals surface area (Å²) in [7, 11) is -4.23. The first-order valence-electron chi connectivity index (χ1n) is 10.3. The van der Waals surface area contributed by atoms with Crippen molar-refractivity contribution in [2.45, 2.75) is 36.5 Å². The van der Waals surface area contributed by atoms with Crippen molar-refractivity contribution in [3.8, 4) is 6.07 Å². The molecule has 0 aromatic heterocycles. The zero-order valence-electron chi connectivity index (χ0n) is 18.5. The van der Waals surface area contributed by atoms with Crippen LogP contribution >= 0.6 is 12.4 Å². The van der Waals surface area contributed by atoms with Crippen molar-refractivity contribution in [2.24, 2.45) is 5.73 Å². The molecule has 1 aliphatic rings. The van der Waals surface area contributed by atoms with Crippen molar-refractivity contribution in [3.05, 3.63) is 58.9 Å². The molecule has 36 heavy (non-hydrogen) atoms. The van der Waals surface area contributed by atoms with E-state index >= 15 is 0 Å². The number of hydrogen-bond donors (Lipinski definition) is 2. The Morgan fingerprint density at radius 3 is 2.44 bits per heavy atom. The third-order valence-corrected chi connectivity index (χ3v) is 7.04. The van der Waals surface area contributed by atoms with E-state index in [4.69, 9.17) is 11.0 Å². The lowest BCUT2D eigenvalue weighted by molar-refractivity contribution is -0.135. The topological polar surface area (TPSA) is 133 Å². The number of nitrogens with two attached hydrogens (primary N) is 1. The highest BCUT2D eigenvalue weighted by Gasteiger charge is 2.37. The highest BCUT2D eigenvalue weighted by molar-refractivity contribution is 7.91. The number of nitrogens with zero attached hydrogens (tertiary/aromatic N) is 2. The van der Waals surface area contributed by atoms with Crippen LogP contribution in [0.1, 0.15) is 34.3 Å². The Morgan fingerprint density at radius 2 is 1.86 bits per heavy atom. The van der Waals surface area contributed by atoms with Crippen LogP contribution in [0.15, 0.2) is 41.3 Å². The van der Waals surface area contributed by atoms with E-state index in [-0.39, 0.29) is 24.6 Å². The van der Waals surface area contributed by atoms with Gasteiger partial charge in [0.15, 0.2) is 9.84 Å². The Kier molecular flexibility index (Phi) is 9.06. The summed E-state index contributed by atoms with van der Waals surface area (Å²) in [5.41, 5.74) is 5.72. The number of nitriles is 1. The van der Waals surface area contributed by atoms with E-state index < -0.39 is 75.3 Å². The summed E-state index contributed by atoms with van der Waals surface area (Å²) in [4.78, 5) is 25.9. The number of rotatable bonds is 6. The van der Waals surface area contributed by atoms with E-state index in [1.807, 2.05) is 6.07 Å². The standard InChI is InChI=1S/C22H20F4N4O4S.ClH/c23-16-9-19-18(8-15(16)20(31)29-7-1-6-22(24,25)26)30(21(32)17(28)12-35(19,33)34)11-14-4-2-13(10-27)3-5-14;/h2-5,8-9,17H,1,6-7,11-12,28H2,(H,29,31);1H/t17-;/m0./s1. The molecule has 3 N–H and O–H groups in total. The van der Waals surface area contributed by atoms with Crippen LogP contribution in [0.3, 0.4) is 0 Å². The summed E-state index contributed by atoms with van der Waals surface area (Å²) >= 11 is 0.